The molecule has 22 heavy (non-hydrogen) atoms. The van der Waals surface area contributed by atoms with Crippen molar-refractivity contribution in [3.8, 4) is 0 Å². The molecule has 2 amide bonds. The third-order valence-corrected chi connectivity index (χ3v) is 3.31. The summed E-state index contributed by atoms with van der Waals surface area (Å²) in [5.41, 5.74) is 1.53. The van der Waals surface area contributed by atoms with E-state index in [1.165, 1.54) is 0 Å². The number of aliphatic hydroxyl groups is 1. The Balaban J connectivity index is 2.56. The number of nitrogens with one attached hydrogen (secondary N) is 2. The molecule has 3 N–H and O–H groups in total. The molecular weight excluding hydrogens is 280 g/mol. The van der Waals surface area contributed by atoms with E-state index >= 15 is 0 Å². The number of hydrogen-bond donors (Lipinski definition) is 3. The standard InChI is InChI=1S/C17H26N2O3/c1-17(2,3)13-9-5-6-10-14(13)19-16(22)15(21)18-11-7-4-8-12-20/h5-6,9-10,20H,4,7-8,11-12H2,1-3H3,(H,18,21)(H,19,22). The van der Waals surface area contributed by atoms with Gasteiger partial charge in [0.2, 0.25) is 0 Å². The van der Waals surface area contributed by atoms with Crippen LogP contribution in [-0.4, -0.2) is 30.1 Å². The van der Waals surface area contributed by atoms with Gasteiger partial charge in [0.15, 0.2) is 0 Å². The van der Waals surface area contributed by atoms with Crippen LogP contribution in [-0.2, 0) is 15.0 Å². The normalized spacial score (nSPS) is 11.1. The van der Waals surface area contributed by atoms with Crippen molar-refractivity contribution in [3.05, 3.63) is 29.8 Å². The summed E-state index contributed by atoms with van der Waals surface area (Å²) in [5.74, 6) is -1.29. The van der Waals surface area contributed by atoms with Crippen LogP contribution < -0.4 is 10.6 Å². The van der Waals surface area contributed by atoms with Gasteiger partial charge in [0, 0.05) is 18.8 Å². The smallest absolute Gasteiger partial charge is 0.313 e. The fourth-order valence-corrected chi connectivity index (χ4v) is 2.12. The summed E-state index contributed by atoms with van der Waals surface area (Å²) in [6.45, 7) is 6.75. The Hall–Kier alpha value is -1.88. The summed E-state index contributed by atoms with van der Waals surface area (Å²) in [7, 11) is 0. The maximum Gasteiger partial charge on any atom is 0.313 e. The van der Waals surface area contributed by atoms with Gasteiger partial charge in [0.25, 0.3) is 0 Å². The Kier molecular flexibility index (Phi) is 7.05. The number of hydrogen-bond acceptors (Lipinski definition) is 3. The van der Waals surface area contributed by atoms with E-state index in [1.807, 2.05) is 18.2 Å². The van der Waals surface area contributed by atoms with Gasteiger partial charge in [-0.05, 0) is 36.3 Å². The second-order valence-corrected chi connectivity index (χ2v) is 6.29. The Bertz CT molecular complexity index is 507. The van der Waals surface area contributed by atoms with Crippen LogP contribution >= 0.6 is 0 Å². The highest BCUT2D eigenvalue weighted by molar-refractivity contribution is 6.39. The zero-order valence-electron chi connectivity index (χ0n) is 13.6. The molecule has 0 saturated carbocycles. The maximum absolute atomic E-state index is 11.9. The van der Waals surface area contributed by atoms with Crippen molar-refractivity contribution in [3.63, 3.8) is 0 Å². The number of unbranched alkanes of at least 4 members (excludes halogenated alkanes) is 2. The lowest BCUT2D eigenvalue weighted by molar-refractivity contribution is -0.136. The van der Waals surface area contributed by atoms with Crippen molar-refractivity contribution >= 4 is 17.5 Å². The van der Waals surface area contributed by atoms with E-state index < -0.39 is 11.8 Å². The zero-order chi connectivity index (χ0) is 16.6. The molecule has 0 spiro atoms. The predicted molar refractivity (Wildman–Crippen MR) is 87.7 cm³/mol. The van der Waals surface area contributed by atoms with Crippen molar-refractivity contribution in [1.29, 1.82) is 0 Å². The van der Waals surface area contributed by atoms with Crippen LogP contribution in [0.1, 0.15) is 45.6 Å². The number of anilines is 1. The third-order valence-electron chi connectivity index (χ3n) is 3.31. The molecule has 5 heteroatoms. The van der Waals surface area contributed by atoms with E-state index in [0.29, 0.717) is 18.7 Å². The first-order valence-corrected chi connectivity index (χ1v) is 7.66. The van der Waals surface area contributed by atoms with Gasteiger partial charge in [-0.3, -0.25) is 9.59 Å². The van der Waals surface area contributed by atoms with Crippen molar-refractivity contribution in [1.82, 2.24) is 5.32 Å². The molecule has 122 valence electrons. The molecule has 0 heterocycles. The topological polar surface area (TPSA) is 78.4 Å². The highest BCUT2D eigenvalue weighted by Crippen LogP contribution is 2.29. The van der Waals surface area contributed by atoms with Crippen molar-refractivity contribution in [2.24, 2.45) is 0 Å². The summed E-state index contributed by atoms with van der Waals surface area (Å²) >= 11 is 0. The summed E-state index contributed by atoms with van der Waals surface area (Å²) in [6.07, 6.45) is 2.28. The van der Waals surface area contributed by atoms with Gasteiger partial charge in [-0.2, -0.15) is 0 Å². The Morgan fingerprint density at radius 1 is 1.05 bits per heavy atom. The number of carbonyl (C=O) groups is 2. The molecule has 0 unspecified atom stereocenters. The molecule has 1 aromatic carbocycles. The van der Waals surface area contributed by atoms with Crippen LogP contribution in [0.3, 0.4) is 0 Å². The summed E-state index contributed by atoms with van der Waals surface area (Å²) in [5, 5.41) is 13.9. The minimum atomic E-state index is -0.654. The first-order chi connectivity index (χ1) is 10.4. The molecule has 0 aromatic heterocycles. The van der Waals surface area contributed by atoms with Gasteiger partial charge in [-0.1, -0.05) is 39.0 Å². The minimum Gasteiger partial charge on any atom is -0.396 e. The first-order valence-electron chi connectivity index (χ1n) is 7.66. The monoisotopic (exact) mass is 306 g/mol. The van der Waals surface area contributed by atoms with Crippen LogP contribution in [0.5, 0.6) is 0 Å². The van der Waals surface area contributed by atoms with E-state index in [4.69, 9.17) is 5.11 Å². The minimum absolute atomic E-state index is 0.120. The van der Waals surface area contributed by atoms with Crippen molar-refractivity contribution in [2.75, 3.05) is 18.5 Å². The lowest BCUT2D eigenvalue weighted by Crippen LogP contribution is -2.36. The number of carbonyl (C=O) groups excluding carboxylic acids is 2. The first kappa shape index (κ1) is 18.2. The molecule has 0 fully saturated rings. The van der Waals surface area contributed by atoms with Crippen LogP contribution in [0, 0.1) is 0 Å². The molecule has 1 aromatic rings. The third kappa shape index (κ3) is 5.85. The lowest BCUT2D eigenvalue weighted by atomic mass is 9.86. The molecule has 0 aliphatic rings. The Morgan fingerprint density at radius 3 is 2.36 bits per heavy atom. The Morgan fingerprint density at radius 2 is 1.73 bits per heavy atom. The predicted octanol–water partition coefficient (Wildman–Crippen LogP) is 2.20. The van der Waals surface area contributed by atoms with E-state index in [1.54, 1.807) is 6.07 Å². The summed E-state index contributed by atoms with van der Waals surface area (Å²) in [4.78, 5) is 23.7. The van der Waals surface area contributed by atoms with Gasteiger partial charge in [-0.25, -0.2) is 0 Å². The van der Waals surface area contributed by atoms with E-state index in [9.17, 15) is 9.59 Å². The molecule has 5 nitrogen and oxygen atoms in total. The second kappa shape index (κ2) is 8.54. The molecule has 0 radical (unpaired) electrons. The molecular formula is C17H26N2O3. The Labute approximate surface area is 132 Å². The van der Waals surface area contributed by atoms with Gasteiger partial charge in [-0.15, -0.1) is 0 Å². The largest absolute Gasteiger partial charge is 0.396 e. The van der Waals surface area contributed by atoms with Crippen LogP contribution in [0.25, 0.3) is 0 Å². The van der Waals surface area contributed by atoms with E-state index in [2.05, 4.69) is 31.4 Å². The number of aliphatic hydroxyl groups excluding tert-OH is 1. The molecule has 0 aliphatic heterocycles. The van der Waals surface area contributed by atoms with Gasteiger partial charge in [0.1, 0.15) is 0 Å². The quantitative estimate of drug-likeness (QED) is 0.557. The van der Waals surface area contributed by atoms with Gasteiger partial charge < -0.3 is 15.7 Å². The molecule has 0 atom stereocenters. The van der Waals surface area contributed by atoms with Crippen LogP contribution in [0.15, 0.2) is 24.3 Å². The van der Waals surface area contributed by atoms with Crippen LogP contribution in [0.4, 0.5) is 5.69 Å². The lowest BCUT2D eigenvalue weighted by Gasteiger charge is -2.22. The second-order valence-electron chi connectivity index (χ2n) is 6.29. The fraction of sp³-hybridized carbons (Fsp3) is 0.529. The van der Waals surface area contributed by atoms with Gasteiger partial charge in [0.05, 0.1) is 0 Å². The van der Waals surface area contributed by atoms with Gasteiger partial charge >= 0.3 is 11.8 Å². The van der Waals surface area contributed by atoms with Crippen LogP contribution in [0.2, 0.25) is 0 Å². The molecule has 0 aliphatic carbocycles. The molecule has 0 saturated heterocycles. The fourth-order valence-electron chi connectivity index (χ4n) is 2.12. The van der Waals surface area contributed by atoms with Crippen molar-refractivity contribution in [2.45, 2.75) is 45.4 Å². The number of rotatable bonds is 6. The number of para-hydroxylation sites is 1. The van der Waals surface area contributed by atoms with Crippen molar-refractivity contribution < 1.29 is 14.7 Å². The number of amides is 2. The summed E-state index contributed by atoms with van der Waals surface area (Å²) in [6, 6.07) is 7.49. The number of benzene rings is 1. The zero-order valence-corrected chi connectivity index (χ0v) is 13.6. The highest BCUT2D eigenvalue weighted by Gasteiger charge is 2.20. The average Bonchev–Trinajstić information content (AvgIpc) is 2.46. The van der Waals surface area contributed by atoms with E-state index in [0.717, 1.165) is 18.4 Å². The highest BCUT2D eigenvalue weighted by atomic mass is 16.3. The average molecular weight is 306 g/mol. The molecule has 0 bridgehead atoms. The molecule has 1 rings (SSSR count). The van der Waals surface area contributed by atoms with E-state index in [-0.39, 0.29) is 12.0 Å². The summed E-state index contributed by atoms with van der Waals surface area (Å²) < 4.78 is 0. The maximum atomic E-state index is 11.9. The SMILES string of the molecule is CC(C)(C)c1ccccc1NC(=O)C(=O)NCCCCCO.